The average molecular weight is 415 g/mol. The van der Waals surface area contributed by atoms with Gasteiger partial charge >= 0.3 is 5.97 Å². The van der Waals surface area contributed by atoms with E-state index in [1.54, 1.807) is 0 Å². The number of piperidine rings is 1. The minimum atomic E-state index is -3.88. The van der Waals surface area contributed by atoms with E-state index in [9.17, 15) is 27.2 Å². The van der Waals surface area contributed by atoms with Crippen LogP contribution < -0.4 is 5.73 Å². The van der Waals surface area contributed by atoms with E-state index >= 15 is 0 Å². The van der Waals surface area contributed by atoms with Crippen molar-refractivity contribution in [3.8, 4) is 0 Å². The number of nitrogens with zero attached hydrogens (tertiary/aromatic N) is 2. The van der Waals surface area contributed by atoms with Crippen LogP contribution in [0.25, 0.3) is 0 Å². The van der Waals surface area contributed by atoms with Crippen molar-refractivity contribution in [2.75, 3.05) is 27.2 Å². The normalized spacial score (nSPS) is 17.4. The molecular formula is C17H22FN3O6S. The average Bonchev–Trinajstić information content (AvgIpc) is 2.65. The standard InChI is InChI=1S/C17H22FN3O6S/c1-20(2)28(25,26)11-6-7-13(18)12(9-11)17(24)27-10-15(22)21-8-4-3-5-14(21)16(19)23/h6-7,9,14H,3-5,8,10H2,1-2H3,(H2,19,23)/t14-/m0/s1. The molecule has 1 fully saturated rings. The van der Waals surface area contributed by atoms with Gasteiger partial charge in [0.2, 0.25) is 15.9 Å². The number of primary amides is 1. The van der Waals surface area contributed by atoms with Crippen LogP contribution in [0, 0.1) is 5.82 Å². The Morgan fingerprint density at radius 3 is 2.57 bits per heavy atom. The van der Waals surface area contributed by atoms with Crippen LogP contribution in [0.5, 0.6) is 0 Å². The summed E-state index contributed by atoms with van der Waals surface area (Å²) in [5.74, 6) is -3.45. The zero-order chi connectivity index (χ0) is 21.1. The van der Waals surface area contributed by atoms with Crippen molar-refractivity contribution in [3.05, 3.63) is 29.6 Å². The number of halogens is 1. The fourth-order valence-electron chi connectivity index (χ4n) is 2.85. The molecule has 1 aliphatic rings. The molecule has 0 aromatic heterocycles. The number of ether oxygens (including phenoxy) is 1. The van der Waals surface area contributed by atoms with Crippen molar-refractivity contribution in [1.29, 1.82) is 0 Å². The lowest BCUT2D eigenvalue weighted by Crippen LogP contribution is -2.51. The highest BCUT2D eigenvalue weighted by Crippen LogP contribution is 2.20. The highest BCUT2D eigenvalue weighted by molar-refractivity contribution is 7.89. The van der Waals surface area contributed by atoms with Gasteiger partial charge in [0.05, 0.1) is 10.5 Å². The van der Waals surface area contributed by atoms with Crippen LogP contribution in [0.15, 0.2) is 23.1 Å². The molecule has 1 saturated heterocycles. The molecule has 0 spiro atoms. The van der Waals surface area contributed by atoms with Crippen molar-refractivity contribution >= 4 is 27.8 Å². The first kappa shape index (κ1) is 21.8. The molecule has 1 aromatic rings. The Morgan fingerprint density at radius 1 is 1.29 bits per heavy atom. The number of likely N-dealkylation sites (tertiary alicyclic amines) is 1. The number of benzene rings is 1. The number of rotatable bonds is 6. The van der Waals surface area contributed by atoms with Crippen LogP contribution in [-0.2, 0) is 24.3 Å². The molecule has 2 N–H and O–H groups in total. The lowest BCUT2D eigenvalue weighted by atomic mass is 10.0. The lowest BCUT2D eigenvalue weighted by molar-refractivity contribution is -0.143. The Labute approximate surface area is 162 Å². The largest absolute Gasteiger partial charge is 0.452 e. The second-order valence-electron chi connectivity index (χ2n) is 6.51. The minimum Gasteiger partial charge on any atom is -0.452 e. The van der Waals surface area contributed by atoms with Gasteiger partial charge in [-0.3, -0.25) is 9.59 Å². The number of carbonyl (C=O) groups excluding carboxylic acids is 3. The van der Waals surface area contributed by atoms with Gasteiger partial charge in [-0.25, -0.2) is 21.9 Å². The molecular weight excluding hydrogens is 393 g/mol. The van der Waals surface area contributed by atoms with E-state index < -0.39 is 51.8 Å². The summed E-state index contributed by atoms with van der Waals surface area (Å²) in [5, 5.41) is 0. The van der Waals surface area contributed by atoms with Crippen molar-refractivity contribution in [2.24, 2.45) is 5.73 Å². The van der Waals surface area contributed by atoms with Gasteiger partial charge in [0.25, 0.3) is 5.91 Å². The monoisotopic (exact) mass is 415 g/mol. The third kappa shape index (κ3) is 4.65. The summed E-state index contributed by atoms with van der Waals surface area (Å²) in [7, 11) is -1.29. The van der Waals surface area contributed by atoms with Gasteiger partial charge in [-0.15, -0.1) is 0 Å². The predicted molar refractivity (Wildman–Crippen MR) is 96.1 cm³/mol. The molecule has 0 aliphatic carbocycles. The molecule has 1 aliphatic heterocycles. The van der Waals surface area contributed by atoms with Gasteiger partial charge in [-0.2, -0.15) is 0 Å². The highest BCUT2D eigenvalue weighted by atomic mass is 32.2. The number of nitrogens with two attached hydrogens (primary N) is 1. The van der Waals surface area contributed by atoms with Crippen molar-refractivity contribution in [1.82, 2.24) is 9.21 Å². The fraction of sp³-hybridized carbons (Fsp3) is 0.471. The first-order chi connectivity index (χ1) is 13.1. The molecule has 11 heteroatoms. The summed E-state index contributed by atoms with van der Waals surface area (Å²) in [6.45, 7) is -0.415. The maximum absolute atomic E-state index is 14.0. The van der Waals surface area contributed by atoms with E-state index in [1.165, 1.54) is 19.0 Å². The molecule has 0 bridgehead atoms. The number of esters is 1. The van der Waals surface area contributed by atoms with Crippen LogP contribution in [0.4, 0.5) is 4.39 Å². The molecule has 154 valence electrons. The number of amides is 2. The third-order valence-electron chi connectivity index (χ3n) is 4.41. The Balaban J connectivity index is 2.13. The maximum atomic E-state index is 14.0. The second-order valence-corrected chi connectivity index (χ2v) is 8.66. The summed E-state index contributed by atoms with van der Waals surface area (Å²) < 4.78 is 44.0. The smallest absolute Gasteiger partial charge is 0.341 e. The van der Waals surface area contributed by atoms with E-state index in [-0.39, 0.29) is 4.90 Å². The zero-order valence-electron chi connectivity index (χ0n) is 15.6. The van der Waals surface area contributed by atoms with Gasteiger partial charge in [-0.05, 0) is 37.5 Å². The molecule has 1 heterocycles. The van der Waals surface area contributed by atoms with Gasteiger partial charge in [0, 0.05) is 20.6 Å². The van der Waals surface area contributed by atoms with E-state index in [1.807, 2.05) is 0 Å². The molecule has 2 amide bonds. The Bertz CT molecular complexity index is 887. The summed E-state index contributed by atoms with van der Waals surface area (Å²) in [6, 6.07) is 1.94. The molecule has 0 unspecified atom stereocenters. The van der Waals surface area contributed by atoms with Gasteiger partial charge in [0.15, 0.2) is 6.61 Å². The van der Waals surface area contributed by atoms with Crippen LogP contribution in [0.1, 0.15) is 29.6 Å². The third-order valence-corrected chi connectivity index (χ3v) is 6.23. The van der Waals surface area contributed by atoms with E-state index in [0.29, 0.717) is 19.4 Å². The summed E-state index contributed by atoms with van der Waals surface area (Å²) in [5.41, 5.74) is 4.68. The molecule has 1 aromatic carbocycles. The predicted octanol–water partition coefficient (Wildman–Crippen LogP) is 0.0992. The molecule has 2 rings (SSSR count). The highest BCUT2D eigenvalue weighted by Gasteiger charge is 2.31. The number of sulfonamides is 1. The second kappa shape index (κ2) is 8.65. The minimum absolute atomic E-state index is 0.290. The molecule has 0 saturated carbocycles. The number of hydrogen-bond acceptors (Lipinski definition) is 6. The van der Waals surface area contributed by atoms with Gasteiger partial charge < -0.3 is 15.4 Å². The quantitative estimate of drug-likeness (QED) is 0.657. The topological polar surface area (TPSA) is 127 Å². The number of carbonyl (C=O) groups is 3. The molecule has 28 heavy (non-hydrogen) atoms. The summed E-state index contributed by atoms with van der Waals surface area (Å²) >= 11 is 0. The van der Waals surface area contributed by atoms with Crippen LogP contribution in [0.2, 0.25) is 0 Å². The summed E-state index contributed by atoms with van der Waals surface area (Å²) in [4.78, 5) is 36.9. The van der Waals surface area contributed by atoms with Gasteiger partial charge in [0.1, 0.15) is 11.9 Å². The molecule has 0 radical (unpaired) electrons. The van der Waals surface area contributed by atoms with E-state index in [0.717, 1.165) is 28.9 Å². The number of hydrogen-bond donors (Lipinski definition) is 1. The molecule has 9 nitrogen and oxygen atoms in total. The van der Waals surface area contributed by atoms with Crippen molar-refractivity contribution < 1.29 is 31.9 Å². The maximum Gasteiger partial charge on any atom is 0.341 e. The zero-order valence-corrected chi connectivity index (χ0v) is 16.4. The Hall–Kier alpha value is -2.53. The first-order valence-electron chi connectivity index (χ1n) is 8.53. The fourth-order valence-corrected chi connectivity index (χ4v) is 3.77. The first-order valence-corrected chi connectivity index (χ1v) is 9.97. The lowest BCUT2D eigenvalue weighted by Gasteiger charge is -2.33. The van der Waals surface area contributed by atoms with Crippen LogP contribution >= 0.6 is 0 Å². The Morgan fingerprint density at radius 2 is 1.96 bits per heavy atom. The van der Waals surface area contributed by atoms with E-state index in [2.05, 4.69) is 0 Å². The Kier molecular flexibility index (Phi) is 6.73. The SMILES string of the molecule is CN(C)S(=O)(=O)c1ccc(F)c(C(=O)OCC(=O)N2CCCC[C@H]2C(N)=O)c1. The van der Waals surface area contributed by atoms with Crippen LogP contribution in [0.3, 0.4) is 0 Å². The van der Waals surface area contributed by atoms with Crippen molar-refractivity contribution in [3.63, 3.8) is 0 Å². The molecule has 1 atom stereocenters. The van der Waals surface area contributed by atoms with E-state index in [4.69, 9.17) is 10.5 Å². The van der Waals surface area contributed by atoms with Crippen LogP contribution in [-0.4, -0.2) is 68.7 Å². The van der Waals surface area contributed by atoms with Gasteiger partial charge in [-0.1, -0.05) is 0 Å². The summed E-state index contributed by atoms with van der Waals surface area (Å²) in [6.07, 6.45) is 1.85. The van der Waals surface area contributed by atoms with Crippen molar-refractivity contribution in [2.45, 2.75) is 30.2 Å².